The van der Waals surface area contributed by atoms with E-state index in [1.165, 1.54) is 6.08 Å². The van der Waals surface area contributed by atoms with Gasteiger partial charge in [0.05, 0.1) is 12.0 Å². The van der Waals surface area contributed by atoms with Crippen LogP contribution in [0.15, 0.2) is 43.0 Å². The first-order valence-electron chi connectivity index (χ1n) is 9.03. The lowest BCUT2D eigenvalue weighted by Crippen LogP contribution is -2.28. The standard InChI is InChI=1S/C22H29NO5/c1-8-14(2)21(26)27-13-17-9-10-18(11-15(17)3)23-20(25)16(4)12-19(24)28-22(5,6)7/h8-11,16H,1-2,12-13H2,3-7H3,(H,23,25). The molecule has 6 nitrogen and oxygen atoms in total. The van der Waals surface area contributed by atoms with Gasteiger partial charge in [0.15, 0.2) is 0 Å². The number of aryl methyl sites for hydroxylation is 1. The van der Waals surface area contributed by atoms with E-state index in [0.29, 0.717) is 5.69 Å². The normalized spacial score (nSPS) is 11.9. The molecule has 1 N–H and O–H groups in total. The quantitative estimate of drug-likeness (QED) is 0.413. The highest BCUT2D eigenvalue weighted by atomic mass is 16.6. The molecule has 1 amide bonds. The number of rotatable bonds is 8. The Balaban J connectivity index is 2.65. The Morgan fingerprint density at radius 1 is 1.25 bits per heavy atom. The summed E-state index contributed by atoms with van der Waals surface area (Å²) in [5.74, 6) is -1.74. The van der Waals surface area contributed by atoms with Gasteiger partial charge >= 0.3 is 11.9 Å². The Morgan fingerprint density at radius 3 is 2.43 bits per heavy atom. The summed E-state index contributed by atoms with van der Waals surface area (Å²) in [6.45, 7) is 16.0. The first kappa shape index (κ1) is 23.1. The van der Waals surface area contributed by atoms with E-state index < -0.39 is 23.5 Å². The summed E-state index contributed by atoms with van der Waals surface area (Å²) >= 11 is 0. The average molecular weight is 387 g/mol. The Kier molecular flexibility index (Phi) is 8.16. The van der Waals surface area contributed by atoms with Gasteiger partial charge in [0.2, 0.25) is 5.91 Å². The van der Waals surface area contributed by atoms with Gasteiger partial charge in [-0.1, -0.05) is 32.2 Å². The van der Waals surface area contributed by atoms with Gasteiger partial charge in [-0.2, -0.15) is 0 Å². The van der Waals surface area contributed by atoms with E-state index in [0.717, 1.165) is 11.1 Å². The summed E-state index contributed by atoms with van der Waals surface area (Å²) in [6, 6.07) is 5.27. The average Bonchev–Trinajstić information content (AvgIpc) is 2.58. The minimum atomic E-state index is -0.582. The summed E-state index contributed by atoms with van der Waals surface area (Å²) in [5, 5.41) is 2.79. The molecular weight excluding hydrogens is 358 g/mol. The number of carbonyl (C=O) groups is 3. The largest absolute Gasteiger partial charge is 0.460 e. The number of esters is 2. The minimum Gasteiger partial charge on any atom is -0.460 e. The van der Waals surface area contributed by atoms with Crippen LogP contribution < -0.4 is 5.32 Å². The summed E-state index contributed by atoms with van der Waals surface area (Å²) in [5.41, 5.74) is 1.88. The van der Waals surface area contributed by atoms with E-state index in [2.05, 4.69) is 18.5 Å². The molecule has 1 aromatic rings. The molecule has 0 saturated carbocycles. The van der Waals surface area contributed by atoms with Crippen LogP contribution >= 0.6 is 0 Å². The van der Waals surface area contributed by atoms with Gasteiger partial charge in [-0.25, -0.2) is 4.79 Å². The summed E-state index contributed by atoms with van der Waals surface area (Å²) < 4.78 is 10.4. The van der Waals surface area contributed by atoms with Crippen LogP contribution in [0.1, 0.15) is 45.2 Å². The van der Waals surface area contributed by atoms with Gasteiger partial charge in [-0.05, 0) is 51.0 Å². The van der Waals surface area contributed by atoms with Crippen molar-refractivity contribution in [2.45, 2.75) is 53.2 Å². The molecule has 1 rings (SSSR count). The van der Waals surface area contributed by atoms with Crippen molar-refractivity contribution >= 4 is 23.5 Å². The van der Waals surface area contributed by atoms with Gasteiger partial charge in [-0.3, -0.25) is 9.59 Å². The maximum atomic E-state index is 12.3. The molecule has 0 saturated heterocycles. The van der Waals surface area contributed by atoms with Crippen molar-refractivity contribution < 1.29 is 23.9 Å². The second kappa shape index (κ2) is 9.88. The molecule has 0 aliphatic heterocycles. The van der Waals surface area contributed by atoms with Gasteiger partial charge in [0.25, 0.3) is 0 Å². The van der Waals surface area contributed by atoms with Crippen LogP contribution in [0.4, 0.5) is 5.69 Å². The monoisotopic (exact) mass is 387 g/mol. The van der Waals surface area contributed by atoms with Crippen LogP contribution in [-0.4, -0.2) is 23.4 Å². The van der Waals surface area contributed by atoms with Crippen LogP contribution in [-0.2, 0) is 30.5 Å². The molecule has 0 aromatic heterocycles. The highest BCUT2D eigenvalue weighted by Gasteiger charge is 2.22. The molecule has 1 unspecified atom stereocenters. The fourth-order valence-electron chi connectivity index (χ4n) is 2.25. The lowest BCUT2D eigenvalue weighted by molar-refractivity contribution is -0.156. The summed E-state index contributed by atoms with van der Waals surface area (Å²) in [6.07, 6.45) is 1.34. The fourth-order valence-corrected chi connectivity index (χ4v) is 2.25. The highest BCUT2D eigenvalue weighted by Crippen LogP contribution is 2.19. The topological polar surface area (TPSA) is 81.7 Å². The molecule has 152 valence electrons. The lowest BCUT2D eigenvalue weighted by Gasteiger charge is -2.20. The van der Waals surface area contributed by atoms with Gasteiger partial charge < -0.3 is 14.8 Å². The zero-order chi connectivity index (χ0) is 21.5. The van der Waals surface area contributed by atoms with Gasteiger partial charge in [0.1, 0.15) is 12.2 Å². The molecular formula is C22H29NO5. The molecule has 1 aromatic carbocycles. The minimum absolute atomic E-state index is 0.00328. The maximum absolute atomic E-state index is 12.3. The van der Waals surface area contributed by atoms with Gasteiger partial charge in [0, 0.05) is 11.6 Å². The number of ether oxygens (including phenoxy) is 2. The van der Waals surface area contributed by atoms with E-state index in [1.54, 1.807) is 45.9 Å². The van der Waals surface area contributed by atoms with Crippen molar-refractivity contribution in [1.29, 1.82) is 0 Å². The number of amides is 1. The second-order valence-corrected chi connectivity index (χ2v) is 7.63. The Morgan fingerprint density at radius 2 is 1.89 bits per heavy atom. The summed E-state index contributed by atoms with van der Waals surface area (Å²) in [7, 11) is 0. The predicted octanol–water partition coefficient (Wildman–Crippen LogP) is 4.09. The number of carbonyl (C=O) groups excluding carboxylic acids is 3. The number of hydrogen-bond donors (Lipinski definition) is 1. The van der Waals surface area contributed by atoms with E-state index in [1.807, 2.05) is 6.92 Å². The third kappa shape index (κ3) is 7.78. The molecule has 28 heavy (non-hydrogen) atoms. The number of anilines is 1. The van der Waals surface area contributed by atoms with E-state index in [4.69, 9.17) is 9.47 Å². The third-order valence-corrected chi connectivity index (χ3v) is 3.82. The molecule has 0 radical (unpaired) electrons. The van der Waals surface area contributed by atoms with E-state index in [9.17, 15) is 14.4 Å². The van der Waals surface area contributed by atoms with Crippen LogP contribution in [0.5, 0.6) is 0 Å². The molecule has 6 heteroatoms. The first-order chi connectivity index (χ1) is 12.9. The molecule has 1 atom stereocenters. The zero-order valence-electron chi connectivity index (χ0n) is 17.3. The van der Waals surface area contributed by atoms with Crippen LogP contribution in [0.25, 0.3) is 0 Å². The van der Waals surface area contributed by atoms with E-state index in [-0.39, 0.29) is 24.5 Å². The van der Waals surface area contributed by atoms with Crippen molar-refractivity contribution in [2.24, 2.45) is 5.92 Å². The van der Waals surface area contributed by atoms with Crippen molar-refractivity contribution in [3.8, 4) is 0 Å². The van der Waals surface area contributed by atoms with Crippen LogP contribution in [0.2, 0.25) is 0 Å². The maximum Gasteiger partial charge on any atom is 0.337 e. The van der Waals surface area contributed by atoms with Crippen LogP contribution in [0, 0.1) is 12.8 Å². The molecule has 0 heterocycles. The first-order valence-corrected chi connectivity index (χ1v) is 9.03. The Labute approximate surface area is 166 Å². The lowest BCUT2D eigenvalue weighted by atomic mass is 10.1. The molecule has 0 bridgehead atoms. The zero-order valence-corrected chi connectivity index (χ0v) is 17.3. The molecule has 0 spiro atoms. The SMILES string of the molecule is C=CC(=C)C(=O)OCc1ccc(NC(=O)C(C)CC(=O)OC(C)(C)C)cc1C. The molecule has 0 aliphatic carbocycles. The Hall–Kier alpha value is -2.89. The second-order valence-electron chi connectivity index (χ2n) is 7.63. The van der Waals surface area contributed by atoms with Crippen molar-refractivity contribution in [3.05, 3.63) is 54.1 Å². The third-order valence-electron chi connectivity index (χ3n) is 3.82. The predicted molar refractivity (Wildman–Crippen MR) is 109 cm³/mol. The Bertz CT molecular complexity index is 774. The van der Waals surface area contributed by atoms with Crippen molar-refractivity contribution in [3.63, 3.8) is 0 Å². The highest BCUT2D eigenvalue weighted by molar-refractivity contribution is 5.94. The molecule has 0 fully saturated rings. The smallest absolute Gasteiger partial charge is 0.337 e. The van der Waals surface area contributed by atoms with Crippen molar-refractivity contribution in [2.75, 3.05) is 5.32 Å². The number of nitrogens with one attached hydrogen (secondary N) is 1. The fraction of sp³-hybridized carbons (Fsp3) is 0.409. The number of hydrogen-bond acceptors (Lipinski definition) is 5. The van der Waals surface area contributed by atoms with Gasteiger partial charge in [-0.15, -0.1) is 0 Å². The van der Waals surface area contributed by atoms with Crippen molar-refractivity contribution in [1.82, 2.24) is 0 Å². The number of benzene rings is 1. The van der Waals surface area contributed by atoms with Crippen LogP contribution in [0.3, 0.4) is 0 Å². The summed E-state index contributed by atoms with van der Waals surface area (Å²) in [4.78, 5) is 35.8. The molecule has 0 aliphatic rings. The van der Waals surface area contributed by atoms with E-state index >= 15 is 0 Å².